The first kappa shape index (κ1) is 18.9. The molecule has 0 saturated carbocycles. The van der Waals surface area contributed by atoms with Gasteiger partial charge in [-0.25, -0.2) is 4.39 Å². The van der Waals surface area contributed by atoms with Crippen LogP contribution in [0.15, 0.2) is 66.9 Å². The molecular formula is C20H20FN3O2. The first-order valence-electron chi connectivity index (χ1n) is 8.20. The molecule has 1 amide bonds. The van der Waals surface area contributed by atoms with Crippen LogP contribution in [0.2, 0.25) is 0 Å². The fourth-order valence-corrected chi connectivity index (χ4v) is 2.11. The molecule has 1 aromatic heterocycles. The van der Waals surface area contributed by atoms with E-state index >= 15 is 0 Å². The van der Waals surface area contributed by atoms with Gasteiger partial charge in [0.25, 0.3) is 5.91 Å². The Kier molecular flexibility index (Phi) is 6.68. The van der Waals surface area contributed by atoms with Gasteiger partial charge in [0.1, 0.15) is 17.3 Å². The largest absolute Gasteiger partial charge is 0.508 e. The molecule has 26 heavy (non-hydrogen) atoms. The second-order valence-corrected chi connectivity index (χ2v) is 5.03. The van der Waals surface area contributed by atoms with E-state index in [4.69, 9.17) is 0 Å². The molecule has 0 radical (unpaired) electrons. The number of pyridine rings is 1. The van der Waals surface area contributed by atoms with E-state index < -0.39 is 11.7 Å². The molecule has 3 aromatic rings. The maximum absolute atomic E-state index is 13.6. The highest BCUT2D eigenvalue weighted by Crippen LogP contribution is 2.27. The molecular weight excluding hydrogens is 333 g/mol. The van der Waals surface area contributed by atoms with Crippen LogP contribution in [0.4, 0.5) is 21.5 Å². The topological polar surface area (TPSA) is 74.2 Å². The SMILES string of the molecule is CC.O=C(Nc1cc(F)ccc1Nc1ccc(O)cc1)c1ccccn1. The van der Waals surface area contributed by atoms with E-state index in [0.717, 1.165) is 0 Å². The highest BCUT2D eigenvalue weighted by Gasteiger charge is 2.11. The van der Waals surface area contributed by atoms with Crippen molar-refractivity contribution in [2.75, 3.05) is 10.6 Å². The summed E-state index contributed by atoms with van der Waals surface area (Å²) in [7, 11) is 0. The predicted molar refractivity (Wildman–Crippen MR) is 101 cm³/mol. The quantitative estimate of drug-likeness (QED) is 0.580. The molecule has 0 saturated heterocycles. The number of aromatic hydroxyl groups is 1. The monoisotopic (exact) mass is 353 g/mol. The Morgan fingerprint density at radius 1 is 1.00 bits per heavy atom. The van der Waals surface area contributed by atoms with Crippen LogP contribution < -0.4 is 10.6 Å². The maximum atomic E-state index is 13.6. The highest BCUT2D eigenvalue weighted by molar-refractivity contribution is 6.04. The zero-order valence-electron chi connectivity index (χ0n) is 14.5. The molecule has 3 rings (SSSR count). The number of phenolic OH excluding ortho intramolecular Hbond substituents is 1. The Balaban J connectivity index is 0.00000117. The van der Waals surface area contributed by atoms with Crippen molar-refractivity contribution in [3.8, 4) is 5.75 Å². The van der Waals surface area contributed by atoms with Gasteiger partial charge in [-0.3, -0.25) is 9.78 Å². The first-order valence-corrected chi connectivity index (χ1v) is 8.20. The van der Waals surface area contributed by atoms with E-state index in [1.54, 1.807) is 30.3 Å². The zero-order valence-corrected chi connectivity index (χ0v) is 14.5. The average molecular weight is 353 g/mol. The minimum Gasteiger partial charge on any atom is -0.508 e. The molecule has 0 aliphatic carbocycles. The van der Waals surface area contributed by atoms with E-state index in [2.05, 4.69) is 15.6 Å². The van der Waals surface area contributed by atoms with Gasteiger partial charge >= 0.3 is 0 Å². The number of benzene rings is 2. The predicted octanol–water partition coefficient (Wildman–Crippen LogP) is 4.95. The third-order valence-corrected chi connectivity index (χ3v) is 3.27. The standard InChI is InChI=1S/C18H14FN3O2.C2H6/c19-12-4-9-15(21-13-5-7-14(23)8-6-13)17(11-12)22-18(24)16-3-1-2-10-20-16;1-2/h1-11,21,23H,(H,22,24);1-2H3. The summed E-state index contributed by atoms with van der Waals surface area (Å²) in [5.74, 6) is -0.763. The summed E-state index contributed by atoms with van der Waals surface area (Å²) in [5, 5.41) is 15.0. The summed E-state index contributed by atoms with van der Waals surface area (Å²) in [6, 6.07) is 15.4. The van der Waals surface area contributed by atoms with Gasteiger partial charge in [0.15, 0.2) is 0 Å². The summed E-state index contributed by atoms with van der Waals surface area (Å²) < 4.78 is 13.6. The maximum Gasteiger partial charge on any atom is 0.274 e. The van der Waals surface area contributed by atoms with Crippen molar-refractivity contribution >= 4 is 23.0 Å². The fourth-order valence-electron chi connectivity index (χ4n) is 2.11. The fraction of sp³-hybridized carbons (Fsp3) is 0.100. The van der Waals surface area contributed by atoms with Crippen molar-refractivity contribution in [1.29, 1.82) is 0 Å². The second kappa shape index (κ2) is 9.17. The van der Waals surface area contributed by atoms with Gasteiger partial charge in [-0.2, -0.15) is 0 Å². The van der Waals surface area contributed by atoms with E-state index in [-0.39, 0.29) is 11.4 Å². The second-order valence-electron chi connectivity index (χ2n) is 5.03. The van der Waals surface area contributed by atoms with Crippen LogP contribution in [0.25, 0.3) is 0 Å². The van der Waals surface area contributed by atoms with E-state index in [9.17, 15) is 14.3 Å². The van der Waals surface area contributed by atoms with Crippen molar-refractivity contribution in [3.05, 3.63) is 78.4 Å². The van der Waals surface area contributed by atoms with E-state index in [0.29, 0.717) is 17.1 Å². The minimum absolute atomic E-state index is 0.142. The summed E-state index contributed by atoms with van der Waals surface area (Å²) >= 11 is 0. The normalized spacial score (nSPS) is 9.65. The highest BCUT2D eigenvalue weighted by atomic mass is 19.1. The average Bonchev–Trinajstić information content (AvgIpc) is 2.68. The number of amides is 1. The van der Waals surface area contributed by atoms with E-state index in [1.165, 1.54) is 36.5 Å². The third-order valence-electron chi connectivity index (χ3n) is 3.27. The van der Waals surface area contributed by atoms with Gasteiger partial charge in [-0.1, -0.05) is 19.9 Å². The molecule has 1 heterocycles. The number of halogens is 1. The van der Waals surface area contributed by atoms with Gasteiger partial charge in [-0.15, -0.1) is 0 Å². The molecule has 0 unspecified atom stereocenters. The number of carbonyl (C=O) groups excluding carboxylic acids is 1. The lowest BCUT2D eigenvalue weighted by Gasteiger charge is -2.13. The number of hydrogen-bond acceptors (Lipinski definition) is 4. The molecule has 5 nitrogen and oxygen atoms in total. The Morgan fingerprint density at radius 3 is 2.38 bits per heavy atom. The van der Waals surface area contributed by atoms with Crippen LogP contribution in [0.3, 0.4) is 0 Å². The van der Waals surface area contributed by atoms with Crippen LogP contribution >= 0.6 is 0 Å². The van der Waals surface area contributed by atoms with Crippen LogP contribution in [0.1, 0.15) is 24.3 Å². The Morgan fingerprint density at radius 2 is 1.73 bits per heavy atom. The smallest absolute Gasteiger partial charge is 0.274 e. The summed E-state index contributed by atoms with van der Waals surface area (Å²) in [6.45, 7) is 4.00. The lowest BCUT2D eigenvalue weighted by Crippen LogP contribution is -2.14. The van der Waals surface area contributed by atoms with Gasteiger partial charge in [-0.05, 0) is 54.6 Å². The van der Waals surface area contributed by atoms with Gasteiger partial charge in [0.05, 0.1) is 11.4 Å². The van der Waals surface area contributed by atoms with Crippen molar-refractivity contribution in [2.45, 2.75) is 13.8 Å². The zero-order chi connectivity index (χ0) is 18.9. The summed E-state index contributed by atoms with van der Waals surface area (Å²) in [5.41, 5.74) is 1.73. The number of nitrogens with one attached hydrogen (secondary N) is 2. The first-order chi connectivity index (χ1) is 12.6. The Labute approximate surface area is 151 Å². The van der Waals surface area contributed by atoms with Crippen LogP contribution in [0, 0.1) is 5.82 Å². The van der Waals surface area contributed by atoms with Crippen LogP contribution in [-0.4, -0.2) is 16.0 Å². The van der Waals surface area contributed by atoms with Crippen molar-refractivity contribution in [1.82, 2.24) is 4.98 Å². The summed E-state index contributed by atoms with van der Waals surface area (Å²) in [4.78, 5) is 16.2. The van der Waals surface area contributed by atoms with Gasteiger partial charge in [0.2, 0.25) is 0 Å². The third kappa shape index (κ3) is 5.04. The number of anilines is 3. The number of hydrogen-bond donors (Lipinski definition) is 3. The number of rotatable bonds is 4. The van der Waals surface area contributed by atoms with Gasteiger partial charge in [0, 0.05) is 11.9 Å². The number of phenols is 1. The molecule has 6 heteroatoms. The van der Waals surface area contributed by atoms with Crippen LogP contribution in [-0.2, 0) is 0 Å². The Bertz CT molecular complexity index is 853. The molecule has 0 spiro atoms. The molecule has 0 aliphatic rings. The van der Waals surface area contributed by atoms with Crippen LogP contribution in [0.5, 0.6) is 5.75 Å². The molecule has 2 aromatic carbocycles. The summed E-state index contributed by atoms with van der Waals surface area (Å²) in [6.07, 6.45) is 1.51. The molecule has 0 aliphatic heterocycles. The molecule has 0 fully saturated rings. The number of aromatic nitrogens is 1. The Hall–Kier alpha value is -3.41. The molecule has 134 valence electrons. The van der Waals surface area contributed by atoms with E-state index in [1.807, 2.05) is 13.8 Å². The molecule has 0 atom stereocenters. The van der Waals surface area contributed by atoms with Crippen molar-refractivity contribution < 1.29 is 14.3 Å². The molecule has 3 N–H and O–H groups in total. The van der Waals surface area contributed by atoms with Crippen molar-refractivity contribution in [3.63, 3.8) is 0 Å². The minimum atomic E-state index is -0.470. The molecule has 0 bridgehead atoms. The number of carbonyl (C=O) groups is 1. The van der Waals surface area contributed by atoms with Crippen molar-refractivity contribution in [2.24, 2.45) is 0 Å². The van der Waals surface area contributed by atoms with Gasteiger partial charge < -0.3 is 15.7 Å². The lowest BCUT2D eigenvalue weighted by molar-refractivity contribution is 0.102. The lowest BCUT2D eigenvalue weighted by atomic mass is 10.2. The number of nitrogens with zero attached hydrogens (tertiary/aromatic N) is 1.